The maximum absolute atomic E-state index is 9.62. The number of rotatable bonds is 7. The van der Waals surface area contributed by atoms with Crippen molar-refractivity contribution in [1.82, 2.24) is 0 Å². The van der Waals surface area contributed by atoms with Gasteiger partial charge < -0.3 is 9.84 Å². The zero-order valence-corrected chi connectivity index (χ0v) is 8.55. The molecule has 0 radical (unpaired) electrons. The lowest BCUT2D eigenvalue weighted by atomic mass is 9.97. The van der Waals surface area contributed by atoms with Crippen LogP contribution in [-0.2, 0) is 4.74 Å². The summed E-state index contributed by atoms with van der Waals surface area (Å²) in [6.07, 6.45) is 4.04. The molecule has 0 bridgehead atoms. The van der Waals surface area contributed by atoms with Crippen molar-refractivity contribution in [3.8, 4) is 0 Å². The molecule has 0 saturated heterocycles. The van der Waals surface area contributed by atoms with Gasteiger partial charge in [0.25, 0.3) is 0 Å². The maximum Gasteiger partial charge on any atom is 0.0566 e. The highest BCUT2D eigenvalue weighted by Crippen LogP contribution is 2.13. The molecule has 0 saturated carbocycles. The molecule has 0 aromatic carbocycles. The Hall–Kier alpha value is -0.0800. The van der Waals surface area contributed by atoms with Crippen LogP contribution in [0, 0.1) is 5.92 Å². The highest BCUT2D eigenvalue weighted by Gasteiger charge is 2.12. The molecule has 2 unspecified atom stereocenters. The van der Waals surface area contributed by atoms with E-state index in [1.807, 2.05) is 0 Å². The summed E-state index contributed by atoms with van der Waals surface area (Å²) >= 11 is 0. The average Bonchev–Trinajstić information content (AvgIpc) is 2.10. The number of hydrogen-bond acceptors (Lipinski definition) is 2. The summed E-state index contributed by atoms with van der Waals surface area (Å²) in [5.41, 5.74) is 0. The van der Waals surface area contributed by atoms with E-state index < -0.39 is 0 Å². The first-order valence-corrected chi connectivity index (χ1v) is 4.89. The molecule has 2 heteroatoms. The van der Waals surface area contributed by atoms with Crippen LogP contribution in [0.2, 0.25) is 0 Å². The highest BCUT2D eigenvalue weighted by atomic mass is 16.5. The van der Waals surface area contributed by atoms with Gasteiger partial charge in [-0.2, -0.15) is 0 Å². The first-order chi connectivity index (χ1) is 5.72. The molecule has 0 aromatic rings. The standard InChI is InChI=1S/C10H22O2/c1-4-5-6-10(11)9(2)7-8-12-3/h9-11H,4-8H2,1-3H3. The lowest BCUT2D eigenvalue weighted by molar-refractivity contribution is 0.0802. The summed E-state index contributed by atoms with van der Waals surface area (Å²) in [5.74, 6) is 0.372. The van der Waals surface area contributed by atoms with Crippen molar-refractivity contribution in [2.24, 2.45) is 5.92 Å². The Kier molecular flexibility index (Phi) is 7.51. The molecule has 0 aliphatic rings. The molecule has 0 aliphatic heterocycles. The van der Waals surface area contributed by atoms with Crippen LogP contribution in [0.3, 0.4) is 0 Å². The molecule has 0 rings (SSSR count). The summed E-state index contributed by atoms with van der Waals surface area (Å²) in [5, 5.41) is 9.62. The molecule has 2 nitrogen and oxygen atoms in total. The zero-order chi connectivity index (χ0) is 9.40. The van der Waals surface area contributed by atoms with Gasteiger partial charge in [-0.1, -0.05) is 26.7 Å². The topological polar surface area (TPSA) is 29.5 Å². The molecule has 1 N–H and O–H groups in total. The second-order valence-corrected chi connectivity index (χ2v) is 3.47. The Bertz CT molecular complexity index is 81.8. The minimum absolute atomic E-state index is 0.139. The van der Waals surface area contributed by atoms with E-state index in [-0.39, 0.29) is 6.10 Å². The average molecular weight is 174 g/mol. The predicted octanol–water partition coefficient (Wildman–Crippen LogP) is 2.21. The maximum atomic E-state index is 9.62. The van der Waals surface area contributed by atoms with Crippen LogP contribution in [0.15, 0.2) is 0 Å². The summed E-state index contributed by atoms with van der Waals surface area (Å²) in [6, 6.07) is 0. The van der Waals surface area contributed by atoms with E-state index in [0.717, 1.165) is 32.3 Å². The summed E-state index contributed by atoms with van der Waals surface area (Å²) in [4.78, 5) is 0. The molecular weight excluding hydrogens is 152 g/mol. The van der Waals surface area contributed by atoms with Gasteiger partial charge >= 0.3 is 0 Å². The largest absolute Gasteiger partial charge is 0.393 e. The van der Waals surface area contributed by atoms with Gasteiger partial charge in [-0.3, -0.25) is 0 Å². The monoisotopic (exact) mass is 174 g/mol. The van der Waals surface area contributed by atoms with Crippen molar-refractivity contribution in [3.63, 3.8) is 0 Å². The van der Waals surface area contributed by atoms with Gasteiger partial charge in [0.05, 0.1) is 6.10 Å². The number of ether oxygens (including phenoxy) is 1. The molecule has 0 aliphatic carbocycles. The van der Waals surface area contributed by atoms with Crippen LogP contribution in [0.4, 0.5) is 0 Å². The van der Waals surface area contributed by atoms with Crippen LogP contribution < -0.4 is 0 Å². The molecule has 0 fully saturated rings. The minimum Gasteiger partial charge on any atom is -0.393 e. The van der Waals surface area contributed by atoms with E-state index in [2.05, 4.69) is 13.8 Å². The smallest absolute Gasteiger partial charge is 0.0566 e. The number of hydrogen-bond donors (Lipinski definition) is 1. The fourth-order valence-corrected chi connectivity index (χ4v) is 1.19. The molecule has 0 spiro atoms. The Morgan fingerprint density at radius 1 is 1.33 bits per heavy atom. The Morgan fingerprint density at radius 3 is 2.50 bits per heavy atom. The van der Waals surface area contributed by atoms with Gasteiger partial charge in [0, 0.05) is 13.7 Å². The molecule has 0 amide bonds. The van der Waals surface area contributed by atoms with E-state index in [1.165, 1.54) is 0 Å². The second-order valence-electron chi connectivity index (χ2n) is 3.47. The van der Waals surface area contributed by atoms with Crippen molar-refractivity contribution in [2.75, 3.05) is 13.7 Å². The fraction of sp³-hybridized carbons (Fsp3) is 1.00. The molecule has 0 aromatic heterocycles. The summed E-state index contributed by atoms with van der Waals surface area (Å²) < 4.78 is 4.96. The van der Waals surface area contributed by atoms with Gasteiger partial charge in [0.15, 0.2) is 0 Å². The van der Waals surface area contributed by atoms with Crippen LogP contribution in [0.25, 0.3) is 0 Å². The predicted molar refractivity (Wildman–Crippen MR) is 51.2 cm³/mol. The Balaban J connectivity index is 3.39. The van der Waals surface area contributed by atoms with E-state index in [0.29, 0.717) is 5.92 Å². The number of unbranched alkanes of at least 4 members (excludes halogenated alkanes) is 1. The summed E-state index contributed by atoms with van der Waals surface area (Å²) in [6.45, 7) is 4.98. The number of aliphatic hydroxyl groups excluding tert-OH is 1. The van der Waals surface area contributed by atoms with Crippen molar-refractivity contribution >= 4 is 0 Å². The molecular formula is C10H22O2. The van der Waals surface area contributed by atoms with Crippen LogP contribution in [0.1, 0.15) is 39.5 Å². The van der Waals surface area contributed by atoms with E-state index in [1.54, 1.807) is 7.11 Å². The van der Waals surface area contributed by atoms with E-state index in [4.69, 9.17) is 4.74 Å². The third-order valence-electron chi connectivity index (χ3n) is 2.29. The molecule has 12 heavy (non-hydrogen) atoms. The van der Waals surface area contributed by atoms with Crippen molar-refractivity contribution in [3.05, 3.63) is 0 Å². The van der Waals surface area contributed by atoms with Gasteiger partial charge in [-0.15, -0.1) is 0 Å². The SMILES string of the molecule is CCCCC(O)C(C)CCOC. The first-order valence-electron chi connectivity index (χ1n) is 4.89. The van der Waals surface area contributed by atoms with Gasteiger partial charge in [0.1, 0.15) is 0 Å². The lowest BCUT2D eigenvalue weighted by Crippen LogP contribution is -2.18. The van der Waals surface area contributed by atoms with Crippen molar-refractivity contribution in [2.45, 2.75) is 45.6 Å². The summed E-state index contributed by atoms with van der Waals surface area (Å²) in [7, 11) is 1.70. The zero-order valence-electron chi connectivity index (χ0n) is 8.55. The first kappa shape index (κ1) is 11.9. The third-order valence-corrected chi connectivity index (χ3v) is 2.29. The fourth-order valence-electron chi connectivity index (χ4n) is 1.19. The quantitative estimate of drug-likeness (QED) is 0.641. The highest BCUT2D eigenvalue weighted by molar-refractivity contribution is 4.63. The molecule has 2 atom stereocenters. The number of aliphatic hydroxyl groups is 1. The van der Waals surface area contributed by atoms with Gasteiger partial charge in [0.2, 0.25) is 0 Å². The van der Waals surface area contributed by atoms with Crippen LogP contribution in [0.5, 0.6) is 0 Å². The van der Waals surface area contributed by atoms with Crippen molar-refractivity contribution < 1.29 is 9.84 Å². The van der Waals surface area contributed by atoms with Gasteiger partial charge in [-0.25, -0.2) is 0 Å². The van der Waals surface area contributed by atoms with Gasteiger partial charge in [-0.05, 0) is 18.8 Å². The van der Waals surface area contributed by atoms with Crippen LogP contribution in [-0.4, -0.2) is 24.9 Å². The lowest BCUT2D eigenvalue weighted by Gasteiger charge is -2.17. The molecule has 74 valence electrons. The van der Waals surface area contributed by atoms with E-state index >= 15 is 0 Å². The minimum atomic E-state index is -0.139. The Labute approximate surface area is 75.9 Å². The van der Waals surface area contributed by atoms with Crippen LogP contribution >= 0.6 is 0 Å². The second kappa shape index (κ2) is 7.56. The Morgan fingerprint density at radius 2 is 2.00 bits per heavy atom. The normalized spacial score (nSPS) is 16.0. The van der Waals surface area contributed by atoms with E-state index in [9.17, 15) is 5.11 Å². The number of methoxy groups -OCH3 is 1. The van der Waals surface area contributed by atoms with Crippen molar-refractivity contribution in [1.29, 1.82) is 0 Å². The third kappa shape index (κ3) is 5.56. The molecule has 0 heterocycles.